The van der Waals surface area contributed by atoms with Crippen LogP contribution in [-0.2, 0) is 16.1 Å². The van der Waals surface area contributed by atoms with Gasteiger partial charge in [0.05, 0.1) is 18.7 Å². The first-order valence-corrected chi connectivity index (χ1v) is 8.24. The molecule has 2 heterocycles. The molecule has 0 aliphatic carbocycles. The van der Waals surface area contributed by atoms with E-state index in [1.807, 2.05) is 31.4 Å². The third-order valence-electron chi connectivity index (χ3n) is 3.76. The Morgan fingerprint density at radius 1 is 1.65 bits per heavy atom. The molecule has 1 N–H and O–H groups in total. The molecule has 0 spiro atoms. The summed E-state index contributed by atoms with van der Waals surface area (Å²) < 4.78 is 5.69. The van der Waals surface area contributed by atoms with Crippen molar-refractivity contribution in [1.29, 1.82) is 0 Å². The van der Waals surface area contributed by atoms with Gasteiger partial charge in [0.2, 0.25) is 5.91 Å². The van der Waals surface area contributed by atoms with E-state index >= 15 is 0 Å². The molecule has 4 nitrogen and oxygen atoms in total. The molecule has 112 valence electrons. The topological polar surface area (TPSA) is 41.6 Å². The zero-order chi connectivity index (χ0) is 14.4. The molecule has 0 radical (unpaired) electrons. The summed E-state index contributed by atoms with van der Waals surface area (Å²) in [6.45, 7) is 7.23. The van der Waals surface area contributed by atoms with Crippen LogP contribution in [0.4, 0.5) is 0 Å². The Kier molecular flexibility index (Phi) is 6.01. The van der Waals surface area contributed by atoms with Crippen molar-refractivity contribution in [2.75, 3.05) is 19.7 Å². The zero-order valence-corrected chi connectivity index (χ0v) is 13.1. The Hall–Kier alpha value is -0.910. The number of rotatable bonds is 6. The van der Waals surface area contributed by atoms with Crippen molar-refractivity contribution >= 4 is 17.2 Å². The van der Waals surface area contributed by atoms with E-state index in [2.05, 4.69) is 10.2 Å². The highest BCUT2D eigenvalue weighted by molar-refractivity contribution is 7.09. The number of amides is 1. The van der Waals surface area contributed by atoms with Gasteiger partial charge in [-0.1, -0.05) is 6.07 Å². The summed E-state index contributed by atoms with van der Waals surface area (Å²) in [7, 11) is 0. The molecule has 1 amide bonds. The van der Waals surface area contributed by atoms with Gasteiger partial charge in [-0.2, -0.15) is 0 Å². The number of hydrogen-bond donors (Lipinski definition) is 1. The second-order valence-electron chi connectivity index (χ2n) is 5.19. The fraction of sp³-hybridized carbons (Fsp3) is 0.667. The lowest BCUT2D eigenvalue weighted by molar-refractivity contribution is -0.127. The largest absolute Gasteiger partial charge is 0.377 e. The number of nitrogens with one attached hydrogen (secondary N) is 1. The summed E-state index contributed by atoms with van der Waals surface area (Å²) in [5.74, 6) is 0.107. The molecule has 0 saturated carbocycles. The molecule has 0 bridgehead atoms. The predicted octanol–water partition coefficient (Wildman–Crippen LogP) is 2.25. The normalized spacial score (nSPS) is 21.6. The molecule has 1 fully saturated rings. The van der Waals surface area contributed by atoms with Crippen molar-refractivity contribution in [3.8, 4) is 0 Å². The molecule has 1 aromatic heterocycles. The van der Waals surface area contributed by atoms with Gasteiger partial charge in [-0.25, -0.2) is 0 Å². The van der Waals surface area contributed by atoms with Crippen LogP contribution in [0.15, 0.2) is 17.5 Å². The maximum Gasteiger partial charge on any atom is 0.237 e. The minimum absolute atomic E-state index is 0.0850. The Morgan fingerprint density at radius 2 is 2.50 bits per heavy atom. The molecule has 5 heteroatoms. The van der Waals surface area contributed by atoms with E-state index in [9.17, 15) is 4.79 Å². The monoisotopic (exact) mass is 296 g/mol. The lowest BCUT2D eigenvalue weighted by atomic mass is 10.1. The van der Waals surface area contributed by atoms with Crippen molar-refractivity contribution in [3.63, 3.8) is 0 Å². The second kappa shape index (κ2) is 7.76. The van der Waals surface area contributed by atoms with Gasteiger partial charge >= 0.3 is 0 Å². The quantitative estimate of drug-likeness (QED) is 0.875. The van der Waals surface area contributed by atoms with Gasteiger partial charge in [-0.3, -0.25) is 9.69 Å². The van der Waals surface area contributed by atoms with Crippen molar-refractivity contribution in [3.05, 3.63) is 22.4 Å². The van der Waals surface area contributed by atoms with E-state index < -0.39 is 0 Å². The third-order valence-corrected chi connectivity index (χ3v) is 4.63. The lowest BCUT2D eigenvalue weighted by Gasteiger charge is -2.35. The van der Waals surface area contributed by atoms with Gasteiger partial charge in [0.25, 0.3) is 0 Å². The van der Waals surface area contributed by atoms with Crippen LogP contribution in [0, 0.1) is 0 Å². The number of carbonyl (C=O) groups excluding carboxylic acids is 1. The summed E-state index contributed by atoms with van der Waals surface area (Å²) in [4.78, 5) is 15.6. The fourth-order valence-electron chi connectivity index (χ4n) is 2.59. The maximum atomic E-state index is 12.2. The summed E-state index contributed by atoms with van der Waals surface area (Å²) in [6, 6.07) is 3.97. The summed E-state index contributed by atoms with van der Waals surface area (Å²) in [5, 5.41) is 5.05. The molecule has 1 aliphatic rings. The van der Waals surface area contributed by atoms with Crippen LogP contribution < -0.4 is 5.32 Å². The Labute approximate surface area is 125 Å². The Balaban J connectivity index is 1.80. The molecular formula is C15H24N2O2S. The first-order valence-electron chi connectivity index (χ1n) is 7.36. The maximum absolute atomic E-state index is 12.2. The van der Waals surface area contributed by atoms with Crippen molar-refractivity contribution in [2.45, 2.75) is 45.4 Å². The summed E-state index contributed by atoms with van der Waals surface area (Å²) in [6.07, 6.45) is 2.49. The van der Waals surface area contributed by atoms with Gasteiger partial charge in [-0.15, -0.1) is 11.3 Å². The van der Waals surface area contributed by atoms with Gasteiger partial charge in [-0.05, 0) is 44.7 Å². The molecular weight excluding hydrogens is 272 g/mol. The molecule has 1 aromatic rings. The smallest absolute Gasteiger partial charge is 0.237 e. The van der Waals surface area contributed by atoms with Crippen LogP contribution in [-0.4, -0.2) is 42.6 Å². The zero-order valence-electron chi connectivity index (χ0n) is 12.3. The highest BCUT2D eigenvalue weighted by atomic mass is 32.1. The van der Waals surface area contributed by atoms with Crippen LogP contribution in [0.5, 0.6) is 0 Å². The minimum Gasteiger partial charge on any atom is -0.377 e. The van der Waals surface area contributed by atoms with E-state index in [1.54, 1.807) is 11.3 Å². The van der Waals surface area contributed by atoms with E-state index in [-0.39, 0.29) is 18.1 Å². The van der Waals surface area contributed by atoms with E-state index in [0.717, 1.165) is 32.5 Å². The number of thiophene rings is 1. The van der Waals surface area contributed by atoms with Crippen LogP contribution in [0.3, 0.4) is 0 Å². The molecule has 2 atom stereocenters. The van der Waals surface area contributed by atoms with Gasteiger partial charge in [0, 0.05) is 18.0 Å². The second-order valence-corrected chi connectivity index (χ2v) is 6.22. The van der Waals surface area contributed by atoms with E-state index in [0.29, 0.717) is 6.54 Å². The van der Waals surface area contributed by atoms with Gasteiger partial charge < -0.3 is 10.1 Å². The highest BCUT2D eigenvalue weighted by Gasteiger charge is 2.27. The molecule has 1 aliphatic heterocycles. The molecule has 2 unspecified atom stereocenters. The van der Waals surface area contributed by atoms with Gasteiger partial charge in [0.1, 0.15) is 0 Å². The Bertz CT molecular complexity index is 406. The van der Waals surface area contributed by atoms with Crippen molar-refractivity contribution < 1.29 is 9.53 Å². The van der Waals surface area contributed by atoms with Crippen molar-refractivity contribution in [2.24, 2.45) is 0 Å². The van der Waals surface area contributed by atoms with Crippen LogP contribution in [0.1, 0.15) is 31.6 Å². The fourth-order valence-corrected chi connectivity index (χ4v) is 3.24. The van der Waals surface area contributed by atoms with Gasteiger partial charge in [0.15, 0.2) is 0 Å². The lowest BCUT2D eigenvalue weighted by Crippen LogP contribution is -2.50. The third kappa shape index (κ3) is 4.30. The molecule has 2 rings (SSSR count). The van der Waals surface area contributed by atoms with Crippen LogP contribution in [0.25, 0.3) is 0 Å². The number of likely N-dealkylation sites (tertiary alicyclic amines) is 1. The number of ether oxygens (including phenoxy) is 1. The summed E-state index contributed by atoms with van der Waals surface area (Å²) in [5.41, 5.74) is 0. The SMILES string of the molecule is CCOC1CCCN(C(C)C(=O)NCc2cccs2)C1. The average molecular weight is 296 g/mol. The average Bonchev–Trinajstić information content (AvgIpc) is 2.98. The first-order chi connectivity index (χ1) is 9.70. The van der Waals surface area contributed by atoms with E-state index in [1.165, 1.54) is 4.88 Å². The molecule has 0 aromatic carbocycles. The molecule has 1 saturated heterocycles. The summed E-state index contributed by atoms with van der Waals surface area (Å²) >= 11 is 1.67. The minimum atomic E-state index is -0.0850. The van der Waals surface area contributed by atoms with Crippen molar-refractivity contribution in [1.82, 2.24) is 10.2 Å². The molecule has 20 heavy (non-hydrogen) atoms. The number of carbonyl (C=O) groups is 1. The highest BCUT2D eigenvalue weighted by Crippen LogP contribution is 2.16. The van der Waals surface area contributed by atoms with Crippen LogP contribution >= 0.6 is 11.3 Å². The van der Waals surface area contributed by atoms with Crippen LogP contribution in [0.2, 0.25) is 0 Å². The number of piperidine rings is 1. The standard InChI is InChI=1S/C15H24N2O2S/c1-3-19-13-6-4-8-17(11-13)12(2)15(18)16-10-14-7-5-9-20-14/h5,7,9,12-13H,3-4,6,8,10-11H2,1-2H3,(H,16,18). The number of hydrogen-bond acceptors (Lipinski definition) is 4. The Morgan fingerprint density at radius 3 is 3.20 bits per heavy atom. The van der Waals surface area contributed by atoms with E-state index in [4.69, 9.17) is 4.74 Å². The first kappa shape index (κ1) is 15.5. The predicted molar refractivity (Wildman–Crippen MR) is 81.8 cm³/mol. The number of nitrogens with zero attached hydrogens (tertiary/aromatic N) is 1.